The summed E-state index contributed by atoms with van der Waals surface area (Å²) in [5.74, 6) is 0.999. The van der Waals surface area contributed by atoms with Gasteiger partial charge in [0.05, 0.1) is 11.9 Å². The summed E-state index contributed by atoms with van der Waals surface area (Å²) in [5.41, 5.74) is 20.5. The first-order valence-corrected chi connectivity index (χ1v) is 9.15. The number of fused-ring (bicyclic) bond motifs is 1. The van der Waals surface area contributed by atoms with Gasteiger partial charge in [0.1, 0.15) is 27.9 Å². The fourth-order valence-corrected chi connectivity index (χ4v) is 3.47. The Kier molecular flexibility index (Phi) is 4.27. The predicted octanol–water partition coefficient (Wildman–Crippen LogP) is 1.80. The van der Waals surface area contributed by atoms with Crippen LogP contribution in [0.5, 0.6) is 0 Å². The van der Waals surface area contributed by atoms with E-state index in [1.807, 2.05) is 0 Å². The average molecular weight is 388 g/mol. The molecular weight excluding hydrogens is 366 g/mol. The number of pyridine rings is 1. The topological polar surface area (TPSA) is 149 Å². The lowest BCUT2D eigenvalue weighted by atomic mass is 9.80. The first-order chi connectivity index (χ1) is 12.9. The number of aromatic amines is 1. The number of H-pyrrole nitrogens is 1. The third-order valence-electron chi connectivity index (χ3n) is 5.38. The lowest BCUT2D eigenvalue weighted by Crippen LogP contribution is -2.42. The lowest BCUT2D eigenvalue weighted by Gasteiger charge is -2.39. The molecule has 4 rings (SSSR count). The molecule has 1 aliphatic rings. The highest BCUT2D eigenvalue weighted by atomic mass is 35.5. The number of rotatable bonds is 3. The number of hydrogen-bond acceptors (Lipinski definition) is 8. The van der Waals surface area contributed by atoms with Crippen molar-refractivity contribution < 1.29 is 0 Å². The second-order valence-electron chi connectivity index (χ2n) is 7.28. The van der Waals surface area contributed by atoms with Crippen molar-refractivity contribution in [3.8, 4) is 11.3 Å². The van der Waals surface area contributed by atoms with Gasteiger partial charge in [-0.15, -0.1) is 0 Å². The van der Waals surface area contributed by atoms with Gasteiger partial charge in [0.2, 0.25) is 0 Å². The van der Waals surface area contributed by atoms with Crippen molar-refractivity contribution in [2.75, 3.05) is 36.0 Å². The second kappa shape index (κ2) is 6.50. The lowest BCUT2D eigenvalue weighted by molar-refractivity contribution is 0.258. The van der Waals surface area contributed by atoms with Crippen LogP contribution in [0.2, 0.25) is 5.02 Å². The predicted molar refractivity (Wildman–Crippen MR) is 107 cm³/mol. The Hall–Kier alpha value is -2.65. The fourth-order valence-electron chi connectivity index (χ4n) is 3.32. The van der Waals surface area contributed by atoms with E-state index in [0.29, 0.717) is 34.7 Å². The van der Waals surface area contributed by atoms with Crippen molar-refractivity contribution in [2.45, 2.75) is 19.8 Å². The molecule has 4 heterocycles. The minimum absolute atomic E-state index is 0.181. The summed E-state index contributed by atoms with van der Waals surface area (Å²) in [7, 11) is 0. The molecular formula is C17H22ClN9. The van der Waals surface area contributed by atoms with Gasteiger partial charge >= 0.3 is 0 Å². The second-order valence-corrected chi connectivity index (χ2v) is 7.66. The van der Waals surface area contributed by atoms with Crippen LogP contribution in [-0.4, -0.2) is 44.8 Å². The highest BCUT2D eigenvalue weighted by molar-refractivity contribution is 6.36. The van der Waals surface area contributed by atoms with Crippen molar-refractivity contribution in [3.63, 3.8) is 0 Å². The maximum absolute atomic E-state index is 6.11. The SMILES string of the molecule is CC1(CN)CCN(c2cnc3c(-c4cnc(N)c(Cl)c4N)n[nH]c3n2)CC1. The van der Waals surface area contributed by atoms with Crippen LogP contribution in [0.3, 0.4) is 0 Å². The number of nitrogen functional groups attached to an aromatic ring is 2. The van der Waals surface area contributed by atoms with Gasteiger partial charge in [-0.1, -0.05) is 18.5 Å². The molecule has 1 saturated heterocycles. The normalized spacial score (nSPS) is 16.8. The molecule has 3 aromatic heterocycles. The fraction of sp³-hybridized carbons (Fsp3) is 0.412. The zero-order valence-electron chi connectivity index (χ0n) is 15.0. The molecule has 0 spiro atoms. The molecule has 1 aliphatic heterocycles. The van der Waals surface area contributed by atoms with Crippen molar-refractivity contribution in [3.05, 3.63) is 17.4 Å². The summed E-state index contributed by atoms with van der Waals surface area (Å²) in [6, 6.07) is 0. The minimum Gasteiger partial charge on any atom is -0.397 e. The molecule has 0 saturated carbocycles. The van der Waals surface area contributed by atoms with Crippen LogP contribution in [0, 0.1) is 5.41 Å². The summed E-state index contributed by atoms with van der Waals surface area (Å²) < 4.78 is 0. The van der Waals surface area contributed by atoms with Gasteiger partial charge in [0, 0.05) is 24.8 Å². The zero-order valence-corrected chi connectivity index (χ0v) is 15.8. The average Bonchev–Trinajstić information content (AvgIpc) is 3.10. The molecule has 0 bridgehead atoms. The van der Waals surface area contributed by atoms with Crippen LogP contribution in [0.25, 0.3) is 22.4 Å². The van der Waals surface area contributed by atoms with Crippen molar-refractivity contribution >= 4 is 40.1 Å². The Bertz CT molecular complexity index is 991. The van der Waals surface area contributed by atoms with E-state index in [4.69, 9.17) is 28.8 Å². The number of piperidine rings is 1. The Morgan fingerprint density at radius 3 is 2.67 bits per heavy atom. The zero-order chi connectivity index (χ0) is 19.2. The highest BCUT2D eigenvalue weighted by Gasteiger charge is 2.29. The van der Waals surface area contributed by atoms with E-state index in [2.05, 4.69) is 37.0 Å². The maximum Gasteiger partial charge on any atom is 0.177 e. The molecule has 0 amide bonds. The molecule has 9 nitrogen and oxygen atoms in total. The summed E-state index contributed by atoms with van der Waals surface area (Å²) in [5, 5.41) is 7.45. The van der Waals surface area contributed by atoms with E-state index in [1.165, 1.54) is 0 Å². The molecule has 1 fully saturated rings. The molecule has 7 N–H and O–H groups in total. The van der Waals surface area contributed by atoms with Crippen LogP contribution in [0.1, 0.15) is 19.8 Å². The summed E-state index contributed by atoms with van der Waals surface area (Å²) >= 11 is 6.11. The standard InChI is InChI=1S/C17H22ClN9/c1-17(8-19)2-4-27(5-3-17)10-7-22-14-13(25-26-16(14)24-10)9-6-23-15(21)11(18)12(9)20/h6-7H,2-5,8,19H2,1H3,(H4,20,21,23)(H,24,25,26). The Balaban J connectivity index is 1.66. The number of anilines is 3. The quantitative estimate of drug-likeness (QED) is 0.531. The number of nitrogens with one attached hydrogen (secondary N) is 1. The molecule has 0 aromatic carbocycles. The monoisotopic (exact) mass is 387 g/mol. The molecule has 27 heavy (non-hydrogen) atoms. The largest absolute Gasteiger partial charge is 0.397 e. The van der Waals surface area contributed by atoms with Gasteiger partial charge < -0.3 is 22.1 Å². The highest BCUT2D eigenvalue weighted by Crippen LogP contribution is 2.36. The molecule has 0 aliphatic carbocycles. The minimum atomic E-state index is 0.181. The van der Waals surface area contributed by atoms with E-state index >= 15 is 0 Å². The first-order valence-electron chi connectivity index (χ1n) is 8.78. The number of aromatic nitrogens is 5. The summed E-state index contributed by atoms with van der Waals surface area (Å²) in [4.78, 5) is 15.5. The first kappa shape index (κ1) is 17.7. The molecule has 0 atom stereocenters. The van der Waals surface area contributed by atoms with Crippen LogP contribution in [0.15, 0.2) is 12.4 Å². The van der Waals surface area contributed by atoms with Crippen LogP contribution in [-0.2, 0) is 0 Å². The van der Waals surface area contributed by atoms with Gasteiger partial charge in [-0.25, -0.2) is 15.0 Å². The summed E-state index contributed by atoms with van der Waals surface area (Å²) in [6.07, 6.45) is 5.36. The van der Waals surface area contributed by atoms with Crippen molar-refractivity contribution in [2.24, 2.45) is 11.1 Å². The third kappa shape index (κ3) is 3.02. The van der Waals surface area contributed by atoms with E-state index in [0.717, 1.165) is 31.7 Å². The van der Waals surface area contributed by atoms with Crippen molar-refractivity contribution in [1.29, 1.82) is 0 Å². The Morgan fingerprint density at radius 1 is 1.22 bits per heavy atom. The Morgan fingerprint density at radius 2 is 1.96 bits per heavy atom. The molecule has 0 unspecified atom stereocenters. The smallest absolute Gasteiger partial charge is 0.177 e. The van der Waals surface area contributed by atoms with Crippen LogP contribution >= 0.6 is 11.6 Å². The third-order valence-corrected chi connectivity index (χ3v) is 5.78. The van der Waals surface area contributed by atoms with E-state index in [-0.39, 0.29) is 16.3 Å². The van der Waals surface area contributed by atoms with E-state index in [1.54, 1.807) is 12.4 Å². The summed E-state index contributed by atoms with van der Waals surface area (Å²) in [6.45, 7) is 4.74. The van der Waals surface area contributed by atoms with Gasteiger partial charge in [0.15, 0.2) is 5.65 Å². The molecule has 142 valence electrons. The van der Waals surface area contributed by atoms with Crippen molar-refractivity contribution in [1.82, 2.24) is 25.1 Å². The number of hydrogen-bond donors (Lipinski definition) is 4. The van der Waals surface area contributed by atoms with Gasteiger partial charge in [0.25, 0.3) is 0 Å². The molecule has 10 heteroatoms. The van der Waals surface area contributed by atoms with Gasteiger partial charge in [-0.05, 0) is 24.8 Å². The van der Waals surface area contributed by atoms with Crippen LogP contribution < -0.4 is 22.1 Å². The number of nitrogens with zero attached hydrogens (tertiary/aromatic N) is 5. The van der Waals surface area contributed by atoms with E-state index < -0.39 is 0 Å². The van der Waals surface area contributed by atoms with Gasteiger partial charge in [-0.2, -0.15) is 5.10 Å². The molecule has 0 radical (unpaired) electrons. The number of halogens is 1. The van der Waals surface area contributed by atoms with E-state index in [9.17, 15) is 0 Å². The maximum atomic E-state index is 6.11. The Labute approximate surface area is 161 Å². The number of nitrogens with two attached hydrogens (primary N) is 3. The molecule has 3 aromatic rings. The van der Waals surface area contributed by atoms with Gasteiger partial charge in [-0.3, -0.25) is 5.10 Å². The van der Waals surface area contributed by atoms with Crippen LogP contribution in [0.4, 0.5) is 17.3 Å².